The smallest absolute Gasteiger partial charge is 0.153 e. The van der Waals surface area contributed by atoms with Crippen molar-refractivity contribution in [2.75, 3.05) is 0 Å². The van der Waals surface area contributed by atoms with E-state index in [0.29, 0.717) is 12.0 Å². The van der Waals surface area contributed by atoms with Gasteiger partial charge in [0, 0.05) is 18.8 Å². The number of hydrogen-bond acceptors (Lipinski definition) is 3. The van der Waals surface area contributed by atoms with Gasteiger partial charge in [-0.15, -0.1) is 0 Å². The summed E-state index contributed by atoms with van der Waals surface area (Å²) >= 11 is 0. The number of hydrogen-bond donors (Lipinski definition) is 0. The fourth-order valence-corrected chi connectivity index (χ4v) is 1.61. The summed E-state index contributed by atoms with van der Waals surface area (Å²) in [7, 11) is 0. The van der Waals surface area contributed by atoms with Crippen molar-refractivity contribution in [3.63, 3.8) is 0 Å². The molecular formula is C14H14N2O. The lowest BCUT2D eigenvalue weighted by Crippen LogP contribution is -1.98. The third kappa shape index (κ3) is 2.75. The first-order valence-electron chi connectivity index (χ1n) is 5.51. The molecule has 0 aliphatic rings. The lowest BCUT2D eigenvalue weighted by molar-refractivity contribution is 0.112. The first kappa shape index (κ1) is 11.5. The molecule has 86 valence electrons. The molecule has 0 amide bonds. The number of nitrogens with zero attached hydrogens (tertiary/aromatic N) is 2. The largest absolute Gasteiger partial charge is 0.298 e. The molecule has 0 spiro atoms. The van der Waals surface area contributed by atoms with Crippen LogP contribution >= 0.6 is 0 Å². The van der Waals surface area contributed by atoms with Crippen LogP contribution in [0.1, 0.15) is 32.9 Å². The standard InChI is InChI=1S/C14H14N2O/c1-10-3-4-12(5-11(10)2)6-14-15-7-13(9-17)8-16-14/h3-5,7-9H,6H2,1-2H3. The molecule has 0 bridgehead atoms. The van der Waals surface area contributed by atoms with Gasteiger partial charge in [0.2, 0.25) is 0 Å². The number of rotatable bonds is 3. The van der Waals surface area contributed by atoms with Gasteiger partial charge in [-0.2, -0.15) is 0 Å². The summed E-state index contributed by atoms with van der Waals surface area (Å²) in [5.41, 5.74) is 4.25. The number of carbonyl (C=O) groups is 1. The summed E-state index contributed by atoms with van der Waals surface area (Å²) in [4.78, 5) is 18.8. The molecule has 0 unspecified atom stereocenters. The van der Waals surface area contributed by atoms with E-state index in [-0.39, 0.29) is 0 Å². The van der Waals surface area contributed by atoms with Crippen LogP contribution in [0.4, 0.5) is 0 Å². The number of aromatic nitrogens is 2. The van der Waals surface area contributed by atoms with Crippen molar-refractivity contribution in [1.82, 2.24) is 9.97 Å². The van der Waals surface area contributed by atoms with E-state index in [2.05, 4.69) is 42.0 Å². The third-order valence-electron chi connectivity index (χ3n) is 2.79. The Labute approximate surface area is 101 Å². The Bertz CT molecular complexity index is 532. The van der Waals surface area contributed by atoms with E-state index < -0.39 is 0 Å². The fourth-order valence-electron chi connectivity index (χ4n) is 1.61. The van der Waals surface area contributed by atoms with Gasteiger partial charge in [-0.3, -0.25) is 4.79 Å². The van der Waals surface area contributed by atoms with Crippen LogP contribution < -0.4 is 0 Å². The Morgan fingerprint density at radius 3 is 2.41 bits per heavy atom. The van der Waals surface area contributed by atoms with E-state index in [1.165, 1.54) is 16.7 Å². The summed E-state index contributed by atoms with van der Waals surface area (Å²) in [6, 6.07) is 6.33. The zero-order valence-electron chi connectivity index (χ0n) is 9.97. The molecule has 0 aliphatic carbocycles. The Balaban J connectivity index is 2.19. The first-order chi connectivity index (χ1) is 8.19. The molecule has 2 rings (SSSR count). The third-order valence-corrected chi connectivity index (χ3v) is 2.79. The van der Waals surface area contributed by atoms with Crippen LogP contribution in [0, 0.1) is 13.8 Å². The summed E-state index contributed by atoms with van der Waals surface area (Å²) in [6.45, 7) is 4.18. The van der Waals surface area contributed by atoms with Crippen LogP contribution in [0.25, 0.3) is 0 Å². The zero-order valence-corrected chi connectivity index (χ0v) is 9.97. The molecule has 0 fully saturated rings. The second-order valence-electron chi connectivity index (χ2n) is 4.15. The summed E-state index contributed by atoms with van der Waals surface area (Å²) < 4.78 is 0. The highest BCUT2D eigenvalue weighted by atomic mass is 16.1. The van der Waals surface area contributed by atoms with E-state index in [4.69, 9.17) is 0 Å². The molecular weight excluding hydrogens is 212 g/mol. The molecule has 3 nitrogen and oxygen atoms in total. The van der Waals surface area contributed by atoms with Crippen molar-refractivity contribution in [1.29, 1.82) is 0 Å². The average molecular weight is 226 g/mol. The van der Waals surface area contributed by atoms with E-state index in [9.17, 15) is 4.79 Å². The number of carbonyl (C=O) groups excluding carboxylic acids is 1. The predicted molar refractivity (Wildman–Crippen MR) is 66.1 cm³/mol. The Kier molecular flexibility index (Phi) is 3.28. The van der Waals surface area contributed by atoms with Gasteiger partial charge in [0.1, 0.15) is 5.82 Å². The van der Waals surface area contributed by atoms with Crippen molar-refractivity contribution in [3.05, 3.63) is 58.7 Å². The Morgan fingerprint density at radius 1 is 1.12 bits per heavy atom. The molecule has 2 aromatic rings. The summed E-state index contributed by atoms with van der Waals surface area (Å²) in [6.07, 6.45) is 4.55. The molecule has 0 radical (unpaired) electrons. The lowest BCUT2D eigenvalue weighted by Gasteiger charge is -2.04. The second kappa shape index (κ2) is 4.87. The Morgan fingerprint density at radius 2 is 1.82 bits per heavy atom. The average Bonchev–Trinajstić information content (AvgIpc) is 2.35. The van der Waals surface area contributed by atoms with E-state index in [0.717, 1.165) is 12.1 Å². The quantitative estimate of drug-likeness (QED) is 0.755. The topological polar surface area (TPSA) is 42.9 Å². The normalized spacial score (nSPS) is 10.2. The molecule has 0 N–H and O–H groups in total. The highest BCUT2D eigenvalue weighted by molar-refractivity contribution is 5.73. The van der Waals surface area contributed by atoms with Crippen LogP contribution in [-0.2, 0) is 6.42 Å². The Hall–Kier alpha value is -2.03. The SMILES string of the molecule is Cc1ccc(Cc2ncc(C=O)cn2)cc1C. The van der Waals surface area contributed by atoms with Gasteiger partial charge in [0.05, 0.1) is 5.56 Å². The van der Waals surface area contributed by atoms with Crippen molar-refractivity contribution in [2.45, 2.75) is 20.3 Å². The maximum Gasteiger partial charge on any atom is 0.153 e. The second-order valence-corrected chi connectivity index (χ2v) is 4.15. The lowest BCUT2D eigenvalue weighted by atomic mass is 10.0. The predicted octanol–water partition coefficient (Wildman–Crippen LogP) is 2.50. The van der Waals surface area contributed by atoms with Gasteiger partial charge in [-0.05, 0) is 30.5 Å². The molecule has 0 saturated heterocycles. The molecule has 1 aromatic heterocycles. The monoisotopic (exact) mass is 226 g/mol. The van der Waals surface area contributed by atoms with Gasteiger partial charge in [-0.1, -0.05) is 18.2 Å². The highest BCUT2D eigenvalue weighted by Gasteiger charge is 2.01. The van der Waals surface area contributed by atoms with Gasteiger partial charge in [0.15, 0.2) is 6.29 Å². The van der Waals surface area contributed by atoms with E-state index in [1.54, 1.807) is 12.4 Å². The number of benzene rings is 1. The molecule has 17 heavy (non-hydrogen) atoms. The minimum absolute atomic E-state index is 0.508. The van der Waals surface area contributed by atoms with Gasteiger partial charge in [-0.25, -0.2) is 9.97 Å². The minimum atomic E-state index is 0.508. The van der Waals surface area contributed by atoms with Crippen LogP contribution in [0.3, 0.4) is 0 Å². The molecule has 1 heterocycles. The highest BCUT2D eigenvalue weighted by Crippen LogP contribution is 2.12. The summed E-state index contributed by atoms with van der Waals surface area (Å²) in [5.74, 6) is 0.735. The number of aryl methyl sites for hydroxylation is 2. The molecule has 1 aromatic carbocycles. The van der Waals surface area contributed by atoms with Crippen molar-refractivity contribution in [2.24, 2.45) is 0 Å². The minimum Gasteiger partial charge on any atom is -0.298 e. The van der Waals surface area contributed by atoms with Crippen molar-refractivity contribution < 1.29 is 4.79 Å². The first-order valence-corrected chi connectivity index (χ1v) is 5.51. The van der Waals surface area contributed by atoms with E-state index in [1.807, 2.05) is 0 Å². The molecule has 0 saturated carbocycles. The van der Waals surface area contributed by atoms with Crippen molar-refractivity contribution >= 4 is 6.29 Å². The maximum atomic E-state index is 10.5. The fraction of sp³-hybridized carbons (Fsp3) is 0.214. The molecule has 0 aliphatic heterocycles. The zero-order chi connectivity index (χ0) is 12.3. The van der Waals surface area contributed by atoms with Crippen LogP contribution in [0.5, 0.6) is 0 Å². The van der Waals surface area contributed by atoms with Crippen LogP contribution in [-0.4, -0.2) is 16.3 Å². The molecule has 0 atom stereocenters. The maximum absolute atomic E-state index is 10.5. The van der Waals surface area contributed by atoms with Crippen LogP contribution in [0.15, 0.2) is 30.6 Å². The summed E-state index contributed by atoms with van der Waals surface area (Å²) in [5, 5.41) is 0. The van der Waals surface area contributed by atoms with Crippen molar-refractivity contribution in [3.8, 4) is 0 Å². The van der Waals surface area contributed by atoms with Crippen LogP contribution in [0.2, 0.25) is 0 Å². The van der Waals surface area contributed by atoms with Gasteiger partial charge in [0.25, 0.3) is 0 Å². The number of aldehydes is 1. The van der Waals surface area contributed by atoms with E-state index >= 15 is 0 Å². The molecule has 3 heteroatoms. The van der Waals surface area contributed by atoms with Gasteiger partial charge < -0.3 is 0 Å². The van der Waals surface area contributed by atoms with Gasteiger partial charge >= 0.3 is 0 Å².